The average Bonchev–Trinajstić information content (AvgIpc) is 3.56. The van der Waals surface area contributed by atoms with E-state index in [-0.39, 0.29) is 23.0 Å². The molecule has 5 rings (SSSR count). The van der Waals surface area contributed by atoms with Crippen molar-refractivity contribution >= 4 is 34.8 Å². The molecule has 204 valence electrons. The Morgan fingerprint density at radius 1 is 1.02 bits per heavy atom. The molecule has 40 heavy (non-hydrogen) atoms. The van der Waals surface area contributed by atoms with Crippen LogP contribution < -0.4 is 0 Å². The summed E-state index contributed by atoms with van der Waals surface area (Å²) < 4.78 is 1.29. The summed E-state index contributed by atoms with van der Waals surface area (Å²) in [6.45, 7) is 2.03. The molecule has 0 saturated heterocycles. The first kappa shape index (κ1) is 26.3. The fourth-order valence-corrected chi connectivity index (χ4v) is 5.22. The highest BCUT2D eigenvalue weighted by atomic mass is 16.6. The summed E-state index contributed by atoms with van der Waals surface area (Å²) in [5.74, 6) is -1.16. The fourth-order valence-electron chi connectivity index (χ4n) is 5.22. The van der Waals surface area contributed by atoms with Gasteiger partial charge in [0, 0.05) is 36.7 Å². The number of non-ortho nitro benzene ring substituents is 2. The average molecular weight is 546 g/mol. The van der Waals surface area contributed by atoms with Crippen LogP contribution in [-0.2, 0) is 6.54 Å². The summed E-state index contributed by atoms with van der Waals surface area (Å²) in [4.78, 5) is 46.7. The van der Waals surface area contributed by atoms with E-state index in [4.69, 9.17) is 0 Å². The number of benzene rings is 2. The molecule has 2 atom stereocenters. The van der Waals surface area contributed by atoms with E-state index < -0.39 is 32.4 Å². The molecule has 0 bridgehead atoms. The first-order chi connectivity index (χ1) is 19.2. The second-order valence-corrected chi connectivity index (χ2v) is 9.43. The molecule has 2 aliphatic rings. The summed E-state index contributed by atoms with van der Waals surface area (Å²) in [5.41, 5.74) is 1.28. The predicted molar refractivity (Wildman–Crippen MR) is 142 cm³/mol. The third-order valence-electron chi connectivity index (χ3n) is 7.02. The van der Waals surface area contributed by atoms with Crippen molar-refractivity contribution in [3.8, 4) is 0 Å². The van der Waals surface area contributed by atoms with Gasteiger partial charge >= 0.3 is 11.6 Å². The van der Waals surface area contributed by atoms with Gasteiger partial charge in [0.2, 0.25) is 5.69 Å². The molecule has 2 heterocycles. The van der Waals surface area contributed by atoms with Gasteiger partial charge in [0.15, 0.2) is 0 Å². The number of fused-ring (bicyclic) bond motifs is 1. The number of carbonyl (C=O) groups is 1. The maximum absolute atomic E-state index is 13.8. The lowest BCUT2D eigenvalue weighted by molar-refractivity contribution is -0.385. The third-order valence-corrected chi connectivity index (χ3v) is 7.02. The van der Waals surface area contributed by atoms with E-state index in [1.807, 2.05) is 0 Å². The number of amides is 1. The lowest BCUT2D eigenvalue weighted by Crippen LogP contribution is -2.32. The van der Waals surface area contributed by atoms with E-state index in [2.05, 4.69) is 10.2 Å². The summed E-state index contributed by atoms with van der Waals surface area (Å²) in [6.07, 6.45) is 4.87. The SMILES string of the molecule is CCn1cc([N+](=O)[O-])c(C(=O)N2N=C3C(=Cc4cccc([N+](=O)[O-])c4)CCCC3C2c2cccc([N+](=O)[O-])c2)n1. The molecule has 1 aromatic heterocycles. The minimum Gasteiger partial charge on any atom is -0.265 e. The van der Waals surface area contributed by atoms with E-state index in [1.54, 1.807) is 31.2 Å². The Morgan fingerprint density at radius 3 is 2.40 bits per heavy atom. The third kappa shape index (κ3) is 4.81. The zero-order chi connectivity index (χ0) is 28.6. The summed E-state index contributed by atoms with van der Waals surface area (Å²) in [6, 6.07) is 11.2. The number of nitro benzene ring substituents is 2. The number of aryl methyl sites for hydroxylation is 1. The van der Waals surface area contributed by atoms with E-state index in [9.17, 15) is 35.1 Å². The fraction of sp³-hybridized carbons (Fsp3) is 0.269. The number of rotatable bonds is 7. The highest BCUT2D eigenvalue weighted by Gasteiger charge is 2.46. The lowest BCUT2D eigenvalue weighted by atomic mass is 9.77. The normalized spacial score (nSPS) is 19.3. The van der Waals surface area contributed by atoms with Crippen LogP contribution in [0, 0.1) is 36.3 Å². The number of hydrazone groups is 1. The zero-order valence-electron chi connectivity index (χ0n) is 21.2. The van der Waals surface area contributed by atoms with Crippen LogP contribution in [0.2, 0.25) is 0 Å². The van der Waals surface area contributed by atoms with E-state index in [0.29, 0.717) is 42.6 Å². The molecule has 14 heteroatoms. The standard InChI is InChI=1S/C26H23N7O7/c1-2-29-15-22(33(39)40)24(27-29)26(34)30-25(18-8-4-10-20(14-18)32(37)38)21-11-5-7-17(23(21)28-30)12-16-6-3-9-19(13-16)31(35)36/h3-4,6,8-10,12-15,21,25H,2,5,7,11H2,1H3. The molecule has 0 N–H and O–H groups in total. The van der Waals surface area contributed by atoms with Crippen LogP contribution in [0.15, 0.2) is 65.4 Å². The monoisotopic (exact) mass is 545 g/mol. The van der Waals surface area contributed by atoms with Crippen molar-refractivity contribution in [2.45, 2.75) is 38.8 Å². The number of aromatic nitrogens is 2. The van der Waals surface area contributed by atoms with Crippen LogP contribution in [-0.4, -0.2) is 41.2 Å². The van der Waals surface area contributed by atoms with E-state index >= 15 is 0 Å². The maximum Gasteiger partial charge on any atom is 0.320 e. The van der Waals surface area contributed by atoms with Crippen LogP contribution in [0.25, 0.3) is 6.08 Å². The van der Waals surface area contributed by atoms with E-state index in [1.165, 1.54) is 41.2 Å². The number of hydrogen-bond donors (Lipinski definition) is 0. The Kier molecular flexibility index (Phi) is 6.90. The Labute approximate surface area is 226 Å². The Morgan fingerprint density at radius 2 is 1.73 bits per heavy atom. The minimum absolute atomic E-state index is 0.0693. The second-order valence-electron chi connectivity index (χ2n) is 9.43. The minimum atomic E-state index is -0.799. The van der Waals surface area contributed by atoms with Gasteiger partial charge < -0.3 is 0 Å². The molecule has 0 spiro atoms. The van der Waals surface area contributed by atoms with Crippen molar-refractivity contribution in [2.24, 2.45) is 11.0 Å². The number of nitrogens with zero attached hydrogens (tertiary/aromatic N) is 7. The molecule has 14 nitrogen and oxygen atoms in total. The van der Waals surface area contributed by atoms with Crippen LogP contribution in [0.5, 0.6) is 0 Å². The van der Waals surface area contributed by atoms with Crippen molar-refractivity contribution in [2.75, 3.05) is 0 Å². The van der Waals surface area contributed by atoms with Gasteiger partial charge in [-0.25, -0.2) is 5.01 Å². The van der Waals surface area contributed by atoms with Gasteiger partial charge in [-0.05, 0) is 49.0 Å². The summed E-state index contributed by atoms with van der Waals surface area (Å²) in [7, 11) is 0. The Balaban J connectivity index is 1.63. The Bertz CT molecular complexity index is 1610. The van der Waals surface area contributed by atoms with Gasteiger partial charge in [0.05, 0.1) is 26.5 Å². The van der Waals surface area contributed by atoms with Crippen molar-refractivity contribution in [1.82, 2.24) is 14.8 Å². The molecule has 2 aromatic carbocycles. The van der Waals surface area contributed by atoms with Crippen LogP contribution in [0.4, 0.5) is 17.1 Å². The van der Waals surface area contributed by atoms with E-state index in [0.717, 1.165) is 10.6 Å². The molecule has 1 aliphatic carbocycles. The van der Waals surface area contributed by atoms with Gasteiger partial charge in [0.1, 0.15) is 6.20 Å². The van der Waals surface area contributed by atoms with Crippen molar-refractivity contribution in [1.29, 1.82) is 0 Å². The molecule has 0 radical (unpaired) electrons. The van der Waals surface area contributed by atoms with Crippen molar-refractivity contribution in [3.05, 3.63) is 107 Å². The second kappa shape index (κ2) is 10.5. The first-order valence-corrected chi connectivity index (χ1v) is 12.5. The van der Waals surface area contributed by atoms with Crippen molar-refractivity contribution < 1.29 is 19.6 Å². The smallest absolute Gasteiger partial charge is 0.265 e. The highest BCUT2D eigenvalue weighted by Crippen LogP contribution is 2.45. The maximum atomic E-state index is 13.8. The van der Waals surface area contributed by atoms with Crippen LogP contribution in [0.3, 0.4) is 0 Å². The van der Waals surface area contributed by atoms with Gasteiger partial charge in [-0.15, -0.1) is 0 Å². The molecule has 2 unspecified atom stereocenters. The topological polar surface area (TPSA) is 180 Å². The number of allylic oxidation sites excluding steroid dienone is 1. The van der Waals surface area contributed by atoms with Crippen LogP contribution >= 0.6 is 0 Å². The van der Waals surface area contributed by atoms with Crippen molar-refractivity contribution in [3.63, 3.8) is 0 Å². The van der Waals surface area contributed by atoms with Crippen LogP contribution in [0.1, 0.15) is 53.8 Å². The summed E-state index contributed by atoms with van der Waals surface area (Å²) in [5, 5.41) is 44.4. The van der Waals surface area contributed by atoms with Gasteiger partial charge in [-0.1, -0.05) is 24.3 Å². The molecule has 3 aromatic rings. The predicted octanol–water partition coefficient (Wildman–Crippen LogP) is 5.06. The first-order valence-electron chi connectivity index (χ1n) is 12.5. The number of hydrogen-bond acceptors (Lipinski definition) is 9. The molecule has 1 fully saturated rings. The molecule has 1 saturated carbocycles. The lowest BCUT2D eigenvalue weighted by Gasteiger charge is -2.29. The molecule has 1 aliphatic heterocycles. The molecule has 1 amide bonds. The molecular weight excluding hydrogens is 522 g/mol. The number of carbonyl (C=O) groups excluding carboxylic acids is 1. The molecular formula is C26H23N7O7. The largest absolute Gasteiger partial charge is 0.320 e. The van der Waals surface area contributed by atoms with Gasteiger partial charge in [-0.2, -0.15) is 10.2 Å². The zero-order valence-corrected chi connectivity index (χ0v) is 21.2. The summed E-state index contributed by atoms with van der Waals surface area (Å²) >= 11 is 0. The van der Waals surface area contributed by atoms with Gasteiger partial charge in [-0.3, -0.25) is 39.8 Å². The Hall–Kier alpha value is -5.27. The van der Waals surface area contributed by atoms with Gasteiger partial charge in [0.25, 0.3) is 11.4 Å². The number of nitro groups is 3. The quantitative estimate of drug-likeness (QED) is 0.291. The highest BCUT2D eigenvalue weighted by molar-refractivity contribution is 6.09.